The van der Waals surface area contributed by atoms with Gasteiger partial charge in [0.05, 0.1) is 10.9 Å². The van der Waals surface area contributed by atoms with Gasteiger partial charge in [0.25, 0.3) is 11.5 Å². The molecule has 0 bridgehead atoms. The van der Waals surface area contributed by atoms with Crippen molar-refractivity contribution >= 4 is 29.0 Å². The van der Waals surface area contributed by atoms with Gasteiger partial charge in [-0.15, -0.1) is 0 Å². The zero-order valence-corrected chi connectivity index (χ0v) is 14.1. The first kappa shape index (κ1) is 16.4. The molecule has 0 saturated carbocycles. The number of nitrogens with zero attached hydrogens (tertiary/aromatic N) is 1. The van der Waals surface area contributed by atoms with Crippen molar-refractivity contribution in [3.05, 3.63) is 38.9 Å². The maximum absolute atomic E-state index is 12.4. The minimum Gasteiger partial charge on any atom is -0.349 e. The fourth-order valence-corrected chi connectivity index (χ4v) is 2.63. The Morgan fingerprint density at radius 3 is 2.68 bits per heavy atom. The molecule has 0 aliphatic carbocycles. The highest BCUT2D eigenvalue weighted by Crippen LogP contribution is 2.12. The van der Waals surface area contributed by atoms with E-state index in [1.807, 2.05) is 6.92 Å². The number of rotatable bonds is 4. The fourth-order valence-electron chi connectivity index (χ4n) is 2.44. The molecule has 0 saturated heterocycles. The Balaban J connectivity index is 2.42. The normalized spacial score (nSPS) is 12.6. The largest absolute Gasteiger partial charge is 0.349 e. The van der Waals surface area contributed by atoms with Gasteiger partial charge in [0.15, 0.2) is 4.77 Å². The maximum atomic E-state index is 12.4. The van der Waals surface area contributed by atoms with Crippen LogP contribution in [-0.2, 0) is 7.05 Å². The first-order valence-electron chi connectivity index (χ1n) is 7.39. The van der Waals surface area contributed by atoms with Gasteiger partial charge in [-0.1, -0.05) is 20.8 Å². The number of fused-ring (bicyclic) bond motifs is 1. The Labute approximate surface area is 134 Å². The predicted molar refractivity (Wildman–Crippen MR) is 90.8 cm³/mol. The fraction of sp³-hybridized carbons (Fsp3) is 0.438. The summed E-state index contributed by atoms with van der Waals surface area (Å²) in [6.45, 7) is 6.21. The molecule has 0 fully saturated rings. The monoisotopic (exact) mass is 319 g/mol. The Morgan fingerprint density at radius 2 is 2.09 bits per heavy atom. The van der Waals surface area contributed by atoms with Crippen LogP contribution in [0.4, 0.5) is 0 Å². The minimum absolute atomic E-state index is 0.130. The molecule has 2 aromatic rings. The first-order chi connectivity index (χ1) is 10.3. The number of carbonyl (C=O) groups is 1. The highest BCUT2D eigenvalue weighted by atomic mass is 32.1. The van der Waals surface area contributed by atoms with Crippen LogP contribution in [0.2, 0.25) is 0 Å². The van der Waals surface area contributed by atoms with E-state index < -0.39 is 0 Å². The third-order valence-corrected chi connectivity index (χ3v) is 4.30. The second kappa shape index (κ2) is 6.44. The van der Waals surface area contributed by atoms with Gasteiger partial charge in [-0.05, 0) is 42.8 Å². The van der Waals surface area contributed by atoms with Crippen LogP contribution in [0.3, 0.4) is 0 Å². The van der Waals surface area contributed by atoms with Crippen LogP contribution >= 0.6 is 12.2 Å². The summed E-state index contributed by atoms with van der Waals surface area (Å²) < 4.78 is 1.71. The summed E-state index contributed by atoms with van der Waals surface area (Å²) in [6.07, 6.45) is 0.875. The van der Waals surface area contributed by atoms with Crippen molar-refractivity contribution in [1.29, 1.82) is 0 Å². The maximum Gasteiger partial charge on any atom is 0.261 e. The van der Waals surface area contributed by atoms with Crippen LogP contribution in [0.25, 0.3) is 10.9 Å². The van der Waals surface area contributed by atoms with E-state index >= 15 is 0 Å². The van der Waals surface area contributed by atoms with Crippen LogP contribution in [0.15, 0.2) is 23.0 Å². The van der Waals surface area contributed by atoms with Crippen molar-refractivity contribution in [2.24, 2.45) is 13.0 Å². The third kappa shape index (κ3) is 3.11. The lowest BCUT2D eigenvalue weighted by atomic mass is 10.0. The average molecular weight is 319 g/mol. The van der Waals surface area contributed by atoms with Crippen LogP contribution in [0.1, 0.15) is 37.6 Å². The molecule has 0 unspecified atom stereocenters. The van der Waals surface area contributed by atoms with Gasteiger partial charge in [-0.3, -0.25) is 14.2 Å². The Hall–Kier alpha value is -1.95. The van der Waals surface area contributed by atoms with Crippen molar-refractivity contribution in [2.75, 3.05) is 0 Å². The molecule has 5 nitrogen and oxygen atoms in total. The topological polar surface area (TPSA) is 66.9 Å². The van der Waals surface area contributed by atoms with Crippen LogP contribution in [0, 0.1) is 10.7 Å². The highest BCUT2D eigenvalue weighted by molar-refractivity contribution is 7.71. The van der Waals surface area contributed by atoms with E-state index in [1.165, 1.54) is 4.57 Å². The molecule has 118 valence electrons. The van der Waals surface area contributed by atoms with E-state index in [0.717, 1.165) is 6.42 Å². The average Bonchev–Trinajstić information content (AvgIpc) is 2.49. The number of hydrogen-bond donors (Lipinski definition) is 2. The lowest BCUT2D eigenvalue weighted by Gasteiger charge is -2.20. The number of benzene rings is 1. The predicted octanol–water partition coefficient (Wildman–Crippen LogP) is 2.76. The zero-order chi connectivity index (χ0) is 16.4. The molecule has 1 amide bonds. The minimum atomic E-state index is -0.167. The summed E-state index contributed by atoms with van der Waals surface area (Å²) >= 11 is 5.11. The van der Waals surface area contributed by atoms with Gasteiger partial charge in [0, 0.05) is 18.7 Å². The van der Waals surface area contributed by atoms with Gasteiger partial charge in [0.2, 0.25) is 0 Å². The lowest BCUT2D eigenvalue weighted by Crippen LogP contribution is -2.38. The molecule has 2 N–H and O–H groups in total. The molecule has 1 heterocycles. The van der Waals surface area contributed by atoms with Gasteiger partial charge >= 0.3 is 0 Å². The molecule has 0 spiro atoms. The van der Waals surface area contributed by atoms with Gasteiger partial charge in [-0.2, -0.15) is 0 Å². The number of amides is 1. The van der Waals surface area contributed by atoms with Crippen molar-refractivity contribution in [3.8, 4) is 0 Å². The second-order valence-corrected chi connectivity index (χ2v) is 6.17. The van der Waals surface area contributed by atoms with Crippen molar-refractivity contribution < 1.29 is 4.79 Å². The molecular weight excluding hydrogens is 298 g/mol. The number of nitrogens with one attached hydrogen (secondary N) is 2. The van der Waals surface area contributed by atoms with Crippen molar-refractivity contribution in [3.63, 3.8) is 0 Å². The van der Waals surface area contributed by atoms with E-state index in [9.17, 15) is 9.59 Å². The standard InChI is InChI=1S/C16H21N3O2S/c1-5-12(9(2)3)17-14(20)10-6-7-11-13(8-10)18-16(22)19(4)15(11)21/h6-9,12H,5H2,1-4H3,(H,17,20)(H,18,22)/t12-/m1/s1. The Bertz CT molecular complexity index is 820. The molecule has 0 aliphatic rings. The molecule has 2 rings (SSSR count). The summed E-state index contributed by atoms with van der Waals surface area (Å²) in [5.41, 5.74) is 0.933. The molecule has 0 radical (unpaired) electrons. The lowest BCUT2D eigenvalue weighted by molar-refractivity contribution is 0.0924. The summed E-state index contributed by atoms with van der Waals surface area (Å²) in [4.78, 5) is 27.5. The van der Waals surface area contributed by atoms with E-state index in [2.05, 4.69) is 24.1 Å². The van der Waals surface area contributed by atoms with E-state index in [0.29, 0.717) is 27.2 Å². The molecule has 1 atom stereocenters. The summed E-state index contributed by atoms with van der Waals surface area (Å²) in [6, 6.07) is 5.14. The van der Waals surface area contributed by atoms with Crippen molar-refractivity contribution in [2.45, 2.75) is 33.2 Å². The molecule has 22 heavy (non-hydrogen) atoms. The molecule has 0 aliphatic heterocycles. The molecule has 1 aromatic carbocycles. The second-order valence-electron chi connectivity index (χ2n) is 5.79. The van der Waals surface area contributed by atoms with Gasteiger partial charge in [-0.25, -0.2) is 0 Å². The Kier molecular flexibility index (Phi) is 4.81. The SMILES string of the molecule is CC[C@@H](NC(=O)c1ccc2c(=O)n(C)c(=S)[nH]c2c1)C(C)C. The van der Waals surface area contributed by atoms with E-state index in [4.69, 9.17) is 12.2 Å². The third-order valence-electron chi connectivity index (χ3n) is 3.92. The number of hydrogen-bond acceptors (Lipinski definition) is 3. The summed E-state index contributed by atoms with van der Waals surface area (Å²) in [5.74, 6) is 0.231. The van der Waals surface area contributed by atoms with Crippen molar-refractivity contribution in [1.82, 2.24) is 14.9 Å². The summed E-state index contributed by atoms with van der Waals surface area (Å²) in [7, 11) is 1.62. The quantitative estimate of drug-likeness (QED) is 0.852. The van der Waals surface area contributed by atoms with E-state index in [-0.39, 0.29) is 17.5 Å². The zero-order valence-electron chi connectivity index (χ0n) is 13.3. The summed E-state index contributed by atoms with van der Waals surface area (Å²) in [5, 5.41) is 3.54. The molecule has 6 heteroatoms. The molecular formula is C16H21N3O2S. The first-order valence-corrected chi connectivity index (χ1v) is 7.80. The van der Waals surface area contributed by atoms with Crippen LogP contribution < -0.4 is 10.9 Å². The van der Waals surface area contributed by atoms with E-state index in [1.54, 1.807) is 25.2 Å². The number of aromatic nitrogens is 2. The highest BCUT2D eigenvalue weighted by Gasteiger charge is 2.16. The molecule has 1 aromatic heterocycles. The van der Waals surface area contributed by atoms with Gasteiger partial charge < -0.3 is 10.3 Å². The number of carbonyl (C=O) groups excluding carboxylic acids is 1. The Morgan fingerprint density at radius 1 is 1.41 bits per heavy atom. The van der Waals surface area contributed by atoms with Gasteiger partial charge in [0.1, 0.15) is 0 Å². The number of aromatic amines is 1. The van der Waals surface area contributed by atoms with Crippen LogP contribution in [-0.4, -0.2) is 21.5 Å². The van der Waals surface area contributed by atoms with Crippen LogP contribution in [0.5, 0.6) is 0 Å². The number of H-pyrrole nitrogens is 1. The smallest absolute Gasteiger partial charge is 0.261 e.